The monoisotopic (exact) mass is 338 g/mol. The standard InChI is InChI=1S/C13H8Br2O/c14-10-6-2-1-4-8-9-5-3-7-11(15)13(9)16-12(8)10/h2-7H,1H2. The van der Waals surface area contributed by atoms with Crippen molar-refractivity contribution in [2.24, 2.45) is 0 Å². The number of rotatable bonds is 0. The zero-order valence-corrected chi connectivity index (χ0v) is 11.5. The smallest absolute Gasteiger partial charge is 0.149 e. The maximum Gasteiger partial charge on any atom is 0.149 e. The third-order valence-electron chi connectivity index (χ3n) is 2.65. The molecule has 0 aliphatic heterocycles. The number of fused-ring (bicyclic) bond motifs is 3. The first-order chi connectivity index (χ1) is 7.77. The third-order valence-corrected chi connectivity index (χ3v) is 3.89. The van der Waals surface area contributed by atoms with Gasteiger partial charge in [-0.25, -0.2) is 0 Å². The number of hydrogen-bond acceptors (Lipinski definition) is 1. The molecule has 0 fully saturated rings. The number of benzene rings is 1. The molecule has 0 saturated carbocycles. The van der Waals surface area contributed by atoms with Crippen molar-refractivity contribution in [1.82, 2.24) is 0 Å². The lowest BCUT2D eigenvalue weighted by Gasteiger charge is -1.90. The van der Waals surface area contributed by atoms with Gasteiger partial charge >= 0.3 is 0 Å². The molecule has 0 N–H and O–H groups in total. The van der Waals surface area contributed by atoms with Crippen LogP contribution in [0.2, 0.25) is 0 Å². The van der Waals surface area contributed by atoms with Crippen molar-refractivity contribution >= 4 is 53.4 Å². The van der Waals surface area contributed by atoms with E-state index < -0.39 is 0 Å². The molecule has 3 heteroatoms. The van der Waals surface area contributed by atoms with E-state index in [2.05, 4.69) is 50.1 Å². The molecule has 16 heavy (non-hydrogen) atoms. The van der Waals surface area contributed by atoms with Gasteiger partial charge in [0.2, 0.25) is 0 Å². The summed E-state index contributed by atoms with van der Waals surface area (Å²) in [4.78, 5) is 0. The van der Waals surface area contributed by atoms with E-state index in [1.54, 1.807) is 0 Å². The summed E-state index contributed by atoms with van der Waals surface area (Å²) in [5.74, 6) is 0. The molecule has 1 aromatic heterocycles. The van der Waals surface area contributed by atoms with Crippen LogP contribution in [0.1, 0.15) is 6.42 Å². The molecule has 0 spiro atoms. The summed E-state index contributed by atoms with van der Waals surface area (Å²) >= 11 is 7.05. The molecule has 80 valence electrons. The second-order valence-electron chi connectivity index (χ2n) is 3.65. The fourth-order valence-corrected chi connectivity index (χ4v) is 2.85. The van der Waals surface area contributed by atoms with Crippen molar-refractivity contribution in [2.75, 3.05) is 0 Å². The Hall–Kier alpha value is -0.800. The number of halogens is 2. The van der Waals surface area contributed by atoms with E-state index in [4.69, 9.17) is 4.42 Å². The van der Waals surface area contributed by atoms with Gasteiger partial charge in [-0.3, -0.25) is 0 Å². The highest BCUT2D eigenvalue weighted by atomic mass is 79.9. The minimum atomic E-state index is 0.913. The maximum atomic E-state index is 5.90. The van der Waals surface area contributed by atoms with Crippen LogP contribution in [0.15, 0.2) is 39.2 Å². The maximum absolute atomic E-state index is 5.90. The summed E-state index contributed by atoms with van der Waals surface area (Å²) in [6, 6.07) is 6.11. The van der Waals surface area contributed by atoms with Crippen molar-refractivity contribution in [2.45, 2.75) is 6.42 Å². The average molecular weight is 340 g/mol. The van der Waals surface area contributed by atoms with Crippen molar-refractivity contribution in [1.29, 1.82) is 0 Å². The largest absolute Gasteiger partial charge is 0.454 e. The Kier molecular flexibility index (Phi) is 2.52. The Morgan fingerprint density at radius 3 is 2.94 bits per heavy atom. The molecular formula is C13H8Br2O. The summed E-state index contributed by atoms with van der Waals surface area (Å²) in [5.41, 5.74) is 1.83. The van der Waals surface area contributed by atoms with Crippen LogP contribution in [-0.2, 0) is 0 Å². The fraction of sp³-hybridized carbons (Fsp3) is 0.0769. The van der Waals surface area contributed by atoms with Crippen molar-refractivity contribution in [3.8, 4) is 0 Å². The van der Waals surface area contributed by atoms with E-state index in [9.17, 15) is 0 Å². The predicted molar refractivity (Wildman–Crippen MR) is 73.7 cm³/mol. The Labute approximate surface area is 109 Å². The van der Waals surface area contributed by atoms with E-state index in [-0.39, 0.29) is 0 Å². The third kappa shape index (κ3) is 1.50. The Morgan fingerprint density at radius 2 is 2.06 bits per heavy atom. The summed E-state index contributed by atoms with van der Waals surface area (Å²) in [6.07, 6.45) is 7.28. The van der Waals surface area contributed by atoms with Crippen LogP contribution < -0.4 is 10.6 Å². The topological polar surface area (TPSA) is 13.1 Å². The Morgan fingerprint density at radius 1 is 1.19 bits per heavy atom. The van der Waals surface area contributed by atoms with Crippen LogP contribution in [0.25, 0.3) is 21.5 Å². The lowest BCUT2D eigenvalue weighted by atomic mass is 10.2. The zero-order chi connectivity index (χ0) is 11.1. The second-order valence-corrected chi connectivity index (χ2v) is 5.36. The minimum Gasteiger partial charge on any atom is -0.454 e. The highest BCUT2D eigenvalue weighted by Crippen LogP contribution is 2.21. The molecule has 0 amide bonds. The molecule has 0 radical (unpaired) electrons. The summed E-state index contributed by atoms with van der Waals surface area (Å²) < 4.78 is 7.90. The van der Waals surface area contributed by atoms with Gasteiger partial charge in [-0.05, 0) is 50.4 Å². The van der Waals surface area contributed by atoms with Crippen molar-refractivity contribution < 1.29 is 4.42 Å². The minimum absolute atomic E-state index is 0.913. The van der Waals surface area contributed by atoms with Crippen molar-refractivity contribution in [3.63, 3.8) is 0 Å². The van der Waals surface area contributed by atoms with Crippen LogP contribution in [0.4, 0.5) is 0 Å². The van der Waals surface area contributed by atoms with Crippen LogP contribution in [-0.4, -0.2) is 0 Å². The van der Waals surface area contributed by atoms with Crippen LogP contribution in [0, 0.1) is 0 Å². The van der Waals surface area contributed by atoms with E-state index in [0.717, 1.165) is 31.8 Å². The summed E-state index contributed by atoms with van der Waals surface area (Å²) in [6.45, 7) is 0. The molecule has 1 aliphatic rings. The van der Waals surface area contributed by atoms with Gasteiger partial charge in [-0.1, -0.05) is 24.3 Å². The first kappa shape index (κ1) is 10.4. The molecule has 1 aliphatic carbocycles. The molecule has 1 heterocycles. The van der Waals surface area contributed by atoms with E-state index in [1.807, 2.05) is 18.2 Å². The molecular weight excluding hydrogens is 332 g/mol. The van der Waals surface area contributed by atoms with Gasteiger partial charge in [0.15, 0.2) is 0 Å². The Bertz CT molecular complexity index is 707. The van der Waals surface area contributed by atoms with Crippen LogP contribution in [0.5, 0.6) is 0 Å². The SMILES string of the molecule is BrC1=c2oc3c(Br)cccc3c2=CCC=C1. The van der Waals surface area contributed by atoms with E-state index in [0.29, 0.717) is 0 Å². The highest BCUT2D eigenvalue weighted by molar-refractivity contribution is 9.15. The first-order valence-electron chi connectivity index (χ1n) is 5.01. The molecule has 3 rings (SSSR count). The van der Waals surface area contributed by atoms with Crippen molar-refractivity contribution in [3.05, 3.63) is 45.5 Å². The molecule has 1 aromatic carbocycles. The summed E-state index contributed by atoms with van der Waals surface area (Å²) in [5, 5.41) is 2.33. The lowest BCUT2D eigenvalue weighted by Crippen LogP contribution is -2.20. The molecule has 0 atom stereocenters. The summed E-state index contributed by atoms with van der Waals surface area (Å²) in [7, 11) is 0. The normalized spacial score (nSPS) is 14.8. The number of hydrogen-bond donors (Lipinski definition) is 0. The second kappa shape index (κ2) is 3.90. The number of allylic oxidation sites excluding steroid dienone is 2. The zero-order valence-electron chi connectivity index (χ0n) is 8.34. The van der Waals surface area contributed by atoms with Gasteiger partial charge in [-0.2, -0.15) is 0 Å². The van der Waals surface area contributed by atoms with Gasteiger partial charge in [0.25, 0.3) is 0 Å². The van der Waals surface area contributed by atoms with Gasteiger partial charge in [-0.15, -0.1) is 0 Å². The number of furan rings is 1. The molecule has 0 saturated heterocycles. The quantitative estimate of drug-likeness (QED) is 0.716. The lowest BCUT2D eigenvalue weighted by molar-refractivity contribution is 0.573. The fourth-order valence-electron chi connectivity index (χ4n) is 1.92. The van der Waals surface area contributed by atoms with E-state index >= 15 is 0 Å². The van der Waals surface area contributed by atoms with E-state index in [1.165, 1.54) is 5.22 Å². The predicted octanol–water partition coefficient (Wildman–Crippen LogP) is 3.44. The highest BCUT2D eigenvalue weighted by Gasteiger charge is 2.08. The van der Waals surface area contributed by atoms with Gasteiger partial charge in [0.1, 0.15) is 11.0 Å². The van der Waals surface area contributed by atoms with Crippen LogP contribution >= 0.6 is 31.9 Å². The average Bonchev–Trinajstić information content (AvgIpc) is 2.55. The van der Waals surface area contributed by atoms with Crippen LogP contribution in [0.3, 0.4) is 0 Å². The molecule has 0 unspecified atom stereocenters. The Balaban J connectivity index is 2.62. The van der Waals surface area contributed by atoms with Gasteiger partial charge in [0.05, 0.1) is 8.96 Å². The number of para-hydroxylation sites is 1. The first-order valence-corrected chi connectivity index (χ1v) is 6.59. The molecule has 0 bridgehead atoms. The molecule has 1 nitrogen and oxygen atoms in total. The van der Waals surface area contributed by atoms with Gasteiger partial charge in [0, 0.05) is 10.6 Å². The van der Waals surface area contributed by atoms with Gasteiger partial charge < -0.3 is 4.42 Å². The molecule has 2 aromatic rings.